The molecule has 0 bridgehead atoms. The molecule has 0 aromatic heterocycles. The number of rotatable bonds is 3. The number of benzene rings is 2. The predicted molar refractivity (Wildman–Crippen MR) is 83.9 cm³/mol. The van der Waals surface area contributed by atoms with Crippen LogP contribution in [0.15, 0.2) is 57.9 Å². The zero-order valence-electron chi connectivity index (χ0n) is 10.5. The molecule has 2 nitrogen and oxygen atoms in total. The minimum Gasteiger partial charge on any atom is -0.223 e. The fourth-order valence-corrected chi connectivity index (χ4v) is 4.86. The topological polar surface area (TPSA) is 34.1 Å². The molecule has 0 aliphatic heterocycles. The van der Waals surface area contributed by atoms with Crippen LogP contribution >= 0.6 is 27.5 Å². The van der Waals surface area contributed by atoms with Gasteiger partial charge in [0.25, 0.3) is 0 Å². The summed E-state index contributed by atoms with van der Waals surface area (Å²) in [5.41, 5.74) is 0.930. The van der Waals surface area contributed by atoms with Gasteiger partial charge in [-0.3, -0.25) is 0 Å². The van der Waals surface area contributed by atoms with Crippen LogP contribution in [0.5, 0.6) is 0 Å². The molecule has 0 radical (unpaired) electrons. The number of hydrogen-bond acceptors (Lipinski definition) is 2. The van der Waals surface area contributed by atoms with Crippen molar-refractivity contribution in [1.82, 2.24) is 0 Å². The Balaban J connectivity index is 1.89. The smallest absolute Gasteiger partial charge is 0.181 e. The monoisotopic (exact) mass is 370 g/mol. The van der Waals surface area contributed by atoms with Crippen molar-refractivity contribution in [3.05, 3.63) is 63.6 Å². The Morgan fingerprint density at radius 3 is 2.35 bits per heavy atom. The van der Waals surface area contributed by atoms with E-state index in [4.69, 9.17) is 11.6 Å². The molecule has 0 saturated heterocycles. The second-order valence-corrected chi connectivity index (χ2v) is 8.39. The van der Waals surface area contributed by atoms with Crippen LogP contribution < -0.4 is 0 Å². The van der Waals surface area contributed by atoms with Crippen molar-refractivity contribution in [1.29, 1.82) is 0 Å². The first-order valence-corrected chi connectivity index (χ1v) is 8.96. The molecule has 1 fully saturated rings. The summed E-state index contributed by atoms with van der Waals surface area (Å²) in [5, 5.41) is 0.287. The summed E-state index contributed by atoms with van der Waals surface area (Å²) in [6, 6.07) is 14.2. The van der Waals surface area contributed by atoms with E-state index < -0.39 is 9.84 Å². The van der Waals surface area contributed by atoms with Gasteiger partial charge in [-0.25, -0.2) is 8.42 Å². The maximum atomic E-state index is 12.5. The van der Waals surface area contributed by atoms with Crippen molar-refractivity contribution in [3.8, 4) is 0 Å². The van der Waals surface area contributed by atoms with Crippen molar-refractivity contribution in [3.63, 3.8) is 0 Å². The first kappa shape index (κ1) is 14.1. The Kier molecular flexibility index (Phi) is 3.65. The van der Waals surface area contributed by atoms with Crippen molar-refractivity contribution in [2.24, 2.45) is 0 Å². The molecule has 1 saturated carbocycles. The highest BCUT2D eigenvalue weighted by atomic mass is 79.9. The van der Waals surface area contributed by atoms with E-state index in [1.54, 1.807) is 30.3 Å². The lowest BCUT2D eigenvalue weighted by molar-refractivity contribution is 0.594. The summed E-state index contributed by atoms with van der Waals surface area (Å²) in [6.07, 6.45) is 0.641. The third-order valence-electron chi connectivity index (χ3n) is 3.58. The molecule has 3 rings (SSSR count). The van der Waals surface area contributed by atoms with E-state index in [-0.39, 0.29) is 11.2 Å². The number of hydrogen-bond donors (Lipinski definition) is 0. The Labute approximate surface area is 131 Å². The van der Waals surface area contributed by atoms with Gasteiger partial charge in [-0.2, -0.15) is 0 Å². The molecule has 0 heterocycles. The zero-order chi connectivity index (χ0) is 14.3. The maximum Gasteiger partial charge on any atom is 0.181 e. The SMILES string of the molecule is O=S(=O)(c1ccc(Br)cc1)[C@H]1C[C@@H]1c1ccccc1Cl. The quantitative estimate of drug-likeness (QED) is 0.799. The van der Waals surface area contributed by atoms with Crippen molar-refractivity contribution >= 4 is 37.4 Å². The first-order chi connectivity index (χ1) is 9.50. The maximum absolute atomic E-state index is 12.5. The van der Waals surface area contributed by atoms with E-state index in [2.05, 4.69) is 15.9 Å². The van der Waals surface area contributed by atoms with Gasteiger partial charge in [0.15, 0.2) is 9.84 Å². The molecule has 0 spiro atoms. The van der Waals surface area contributed by atoms with Gasteiger partial charge in [-0.1, -0.05) is 45.7 Å². The summed E-state index contributed by atoms with van der Waals surface area (Å²) in [6.45, 7) is 0. The van der Waals surface area contributed by atoms with Gasteiger partial charge in [0, 0.05) is 15.4 Å². The summed E-state index contributed by atoms with van der Waals surface area (Å²) < 4.78 is 26.0. The van der Waals surface area contributed by atoms with Crippen molar-refractivity contribution in [2.75, 3.05) is 0 Å². The van der Waals surface area contributed by atoms with Crippen LogP contribution in [-0.4, -0.2) is 13.7 Å². The molecule has 0 unspecified atom stereocenters. The third kappa shape index (κ3) is 2.52. The van der Waals surface area contributed by atoms with Gasteiger partial charge in [0.2, 0.25) is 0 Å². The highest BCUT2D eigenvalue weighted by Gasteiger charge is 2.49. The fourth-order valence-electron chi connectivity index (χ4n) is 2.42. The minimum atomic E-state index is -3.28. The lowest BCUT2D eigenvalue weighted by Crippen LogP contribution is -2.09. The predicted octanol–water partition coefficient (Wildman–Crippen LogP) is 4.43. The highest BCUT2D eigenvalue weighted by molar-refractivity contribution is 9.10. The van der Waals surface area contributed by atoms with E-state index in [1.165, 1.54) is 0 Å². The highest BCUT2D eigenvalue weighted by Crippen LogP contribution is 2.49. The van der Waals surface area contributed by atoms with E-state index >= 15 is 0 Å². The molecule has 2 atom stereocenters. The van der Waals surface area contributed by atoms with Gasteiger partial charge in [0.1, 0.15) is 0 Å². The van der Waals surface area contributed by atoms with Crippen LogP contribution in [0.1, 0.15) is 17.9 Å². The molecule has 0 N–H and O–H groups in total. The van der Waals surface area contributed by atoms with Crippen LogP contribution in [-0.2, 0) is 9.84 Å². The molecule has 104 valence electrons. The molecule has 0 amide bonds. The summed E-state index contributed by atoms with van der Waals surface area (Å²) in [5.74, 6) is 0.0114. The standard InChI is InChI=1S/C15H12BrClO2S/c16-10-5-7-11(8-6-10)20(18,19)15-9-13(15)12-3-1-2-4-14(12)17/h1-8,13,15H,9H2/t13-,15+/m1/s1. The Morgan fingerprint density at radius 1 is 1.05 bits per heavy atom. The molecule has 2 aromatic carbocycles. The van der Waals surface area contributed by atoms with E-state index in [9.17, 15) is 8.42 Å². The van der Waals surface area contributed by atoms with Crippen LogP contribution in [0.4, 0.5) is 0 Å². The summed E-state index contributed by atoms with van der Waals surface area (Å²) in [4.78, 5) is 0.375. The number of halogens is 2. The molecule has 5 heteroatoms. The van der Waals surface area contributed by atoms with Crippen molar-refractivity contribution in [2.45, 2.75) is 22.5 Å². The normalized spacial score (nSPS) is 21.7. The van der Waals surface area contributed by atoms with Crippen LogP contribution in [0.2, 0.25) is 5.02 Å². The number of sulfone groups is 1. The lowest BCUT2D eigenvalue weighted by atomic mass is 10.1. The second-order valence-electron chi connectivity index (χ2n) is 4.90. The lowest BCUT2D eigenvalue weighted by Gasteiger charge is -2.05. The van der Waals surface area contributed by atoms with Gasteiger partial charge < -0.3 is 0 Å². The van der Waals surface area contributed by atoms with Gasteiger partial charge in [-0.05, 0) is 42.3 Å². The molecule has 1 aliphatic rings. The average Bonchev–Trinajstić information content (AvgIpc) is 3.20. The molecular weight excluding hydrogens is 360 g/mol. The molecule has 1 aliphatic carbocycles. The summed E-state index contributed by atoms with van der Waals surface area (Å²) in [7, 11) is -3.28. The Bertz CT molecular complexity index is 741. The third-order valence-corrected chi connectivity index (χ3v) is 6.70. The molecule has 20 heavy (non-hydrogen) atoms. The van der Waals surface area contributed by atoms with Crippen molar-refractivity contribution < 1.29 is 8.42 Å². The molecular formula is C15H12BrClO2S. The van der Waals surface area contributed by atoms with E-state index in [1.807, 2.05) is 18.2 Å². The zero-order valence-corrected chi connectivity index (χ0v) is 13.6. The Hall–Kier alpha value is -0.840. The molecule has 2 aromatic rings. The largest absolute Gasteiger partial charge is 0.223 e. The average molecular weight is 372 g/mol. The minimum absolute atomic E-state index is 0.0114. The van der Waals surface area contributed by atoms with Crippen LogP contribution in [0.25, 0.3) is 0 Å². The fraction of sp³-hybridized carbons (Fsp3) is 0.200. The second kappa shape index (κ2) is 5.17. The summed E-state index contributed by atoms with van der Waals surface area (Å²) >= 11 is 9.45. The van der Waals surface area contributed by atoms with Gasteiger partial charge in [-0.15, -0.1) is 0 Å². The van der Waals surface area contributed by atoms with Crippen LogP contribution in [0, 0.1) is 0 Å². The Morgan fingerprint density at radius 2 is 1.70 bits per heavy atom. The first-order valence-electron chi connectivity index (χ1n) is 6.24. The van der Waals surface area contributed by atoms with Crippen LogP contribution in [0.3, 0.4) is 0 Å². The van der Waals surface area contributed by atoms with E-state index in [0.717, 1.165) is 10.0 Å². The van der Waals surface area contributed by atoms with E-state index in [0.29, 0.717) is 16.3 Å². The van der Waals surface area contributed by atoms with Gasteiger partial charge in [0.05, 0.1) is 10.1 Å². The van der Waals surface area contributed by atoms with Gasteiger partial charge >= 0.3 is 0 Å².